The lowest BCUT2D eigenvalue weighted by atomic mass is 10.2. The first-order valence-corrected chi connectivity index (χ1v) is 7.93. The Morgan fingerprint density at radius 2 is 1.89 bits per heavy atom. The van der Waals surface area contributed by atoms with E-state index in [2.05, 4.69) is 26.0 Å². The molecule has 19 heavy (non-hydrogen) atoms. The summed E-state index contributed by atoms with van der Waals surface area (Å²) in [5.41, 5.74) is 0. The van der Waals surface area contributed by atoms with Gasteiger partial charge in [0.1, 0.15) is 0 Å². The fourth-order valence-electron chi connectivity index (χ4n) is 3.76. The van der Waals surface area contributed by atoms with E-state index in [1.165, 1.54) is 58.0 Å². The third-order valence-corrected chi connectivity index (χ3v) is 5.00. The molecule has 0 aromatic carbocycles. The van der Waals surface area contributed by atoms with Gasteiger partial charge in [-0.2, -0.15) is 0 Å². The lowest BCUT2D eigenvalue weighted by Crippen LogP contribution is -2.28. The molecule has 1 aromatic heterocycles. The predicted molar refractivity (Wildman–Crippen MR) is 76.4 cm³/mol. The highest BCUT2D eigenvalue weighted by Crippen LogP contribution is 2.33. The summed E-state index contributed by atoms with van der Waals surface area (Å²) in [5, 5.41) is 3.69. The predicted octanol–water partition coefficient (Wildman–Crippen LogP) is 2.65. The summed E-state index contributed by atoms with van der Waals surface area (Å²) >= 11 is 0. The fraction of sp³-hybridized carbons (Fsp3) is 0.800. The molecule has 0 amide bonds. The van der Waals surface area contributed by atoms with E-state index in [0.29, 0.717) is 12.1 Å². The highest BCUT2D eigenvalue weighted by Gasteiger charge is 2.34. The Labute approximate surface area is 115 Å². The van der Waals surface area contributed by atoms with Crippen LogP contribution in [0, 0.1) is 0 Å². The van der Waals surface area contributed by atoms with E-state index in [-0.39, 0.29) is 0 Å². The van der Waals surface area contributed by atoms with Crippen molar-refractivity contribution < 1.29 is 0 Å². The SMILES string of the molecule is c1cn(C2CCCC2)c(NC2CCN(C3CC3)C2)n1. The highest BCUT2D eigenvalue weighted by molar-refractivity contribution is 5.29. The molecule has 2 heterocycles. The first-order chi connectivity index (χ1) is 9.40. The molecule has 4 rings (SSSR count). The van der Waals surface area contributed by atoms with Gasteiger partial charge in [0.05, 0.1) is 0 Å². The second-order valence-electron chi connectivity index (χ2n) is 6.45. The lowest BCUT2D eigenvalue weighted by Gasteiger charge is -2.19. The normalized spacial score (nSPS) is 29.2. The molecule has 3 aliphatic rings. The first kappa shape index (κ1) is 11.8. The average molecular weight is 260 g/mol. The molecule has 1 aliphatic heterocycles. The van der Waals surface area contributed by atoms with Gasteiger partial charge in [-0.25, -0.2) is 4.98 Å². The summed E-state index contributed by atoms with van der Waals surface area (Å²) in [7, 11) is 0. The standard InChI is InChI=1S/C15H24N4/c1-2-4-14(3-1)19-10-8-16-15(19)17-12-7-9-18(11-12)13-5-6-13/h8,10,12-14H,1-7,9,11H2,(H,16,17). The Balaban J connectivity index is 1.41. The molecule has 0 spiro atoms. The number of rotatable bonds is 4. The fourth-order valence-corrected chi connectivity index (χ4v) is 3.76. The maximum Gasteiger partial charge on any atom is 0.203 e. The Bertz CT molecular complexity index is 431. The van der Waals surface area contributed by atoms with E-state index in [4.69, 9.17) is 0 Å². The van der Waals surface area contributed by atoms with Crippen molar-refractivity contribution in [1.82, 2.24) is 14.5 Å². The molecule has 4 heteroatoms. The summed E-state index contributed by atoms with van der Waals surface area (Å²) in [6, 6.07) is 2.19. The summed E-state index contributed by atoms with van der Waals surface area (Å²) in [4.78, 5) is 7.20. The minimum Gasteiger partial charge on any atom is -0.352 e. The van der Waals surface area contributed by atoms with Crippen molar-refractivity contribution in [1.29, 1.82) is 0 Å². The molecular weight excluding hydrogens is 236 g/mol. The molecule has 2 saturated carbocycles. The number of hydrogen-bond donors (Lipinski definition) is 1. The van der Waals surface area contributed by atoms with E-state index in [9.17, 15) is 0 Å². The van der Waals surface area contributed by atoms with Gasteiger partial charge in [-0.15, -0.1) is 0 Å². The summed E-state index contributed by atoms with van der Waals surface area (Å²) in [6.07, 6.45) is 13.6. The quantitative estimate of drug-likeness (QED) is 0.903. The zero-order valence-corrected chi connectivity index (χ0v) is 11.6. The maximum absolute atomic E-state index is 4.54. The Morgan fingerprint density at radius 3 is 2.68 bits per heavy atom. The van der Waals surface area contributed by atoms with Crippen molar-refractivity contribution in [2.45, 2.75) is 63.1 Å². The second-order valence-corrected chi connectivity index (χ2v) is 6.45. The van der Waals surface area contributed by atoms with Crippen LogP contribution >= 0.6 is 0 Å². The number of likely N-dealkylation sites (tertiary alicyclic amines) is 1. The number of aromatic nitrogens is 2. The van der Waals surface area contributed by atoms with Crippen molar-refractivity contribution in [3.05, 3.63) is 12.4 Å². The van der Waals surface area contributed by atoms with Crippen LogP contribution in [0.25, 0.3) is 0 Å². The van der Waals surface area contributed by atoms with E-state index < -0.39 is 0 Å². The van der Waals surface area contributed by atoms with Crippen molar-refractivity contribution >= 4 is 5.95 Å². The van der Waals surface area contributed by atoms with Crippen LogP contribution in [0.2, 0.25) is 0 Å². The minimum absolute atomic E-state index is 0.600. The van der Waals surface area contributed by atoms with Crippen LogP contribution in [0.15, 0.2) is 12.4 Å². The smallest absolute Gasteiger partial charge is 0.203 e. The number of anilines is 1. The van der Waals surface area contributed by atoms with Gasteiger partial charge in [-0.3, -0.25) is 4.90 Å². The van der Waals surface area contributed by atoms with E-state index >= 15 is 0 Å². The topological polar surface area (TPSA) is 33.1 Å². The molecule has 1 aromatic rings. The summed E-state index contributed by atoms with van der Waals surface area (Å²) in [6.45, 7) is 2.48. The summed E-state index contributed by atoms with van der Waals surface area (Å²) < 4.78 is 2.38. The molecule has 2 aliphatic carbocycles. The molecule has 1 unspecified atom stereocenters. The lowest BCUT2D eigenvalue weighted by molar-refractivity contribution is 0.325. The van der Waals surface area contributed by atoms with E-state index in [1.807, 2.05) is 6.20 Å². The number of nitrogens with zero attached hydrogens (tertiary/aromatic N) is 3. The van der Waals surface area contributed by atoms with Gasteiger partial charge in [0.25, 0.3) is 0 Å². The van der Waals surface area contributed by atoms with Crippen molar-refractivity contribution in [3.8, 4) is 0 Å². The van der Waals surface area contributed by atoms with Crippen molar-refractivity contribution in [3.63, 3.8) is 0 Å². The number of nitrogens with one attached hydrogen (secondary N) is 1. The van der Waals surface area contributed by atoms with E-state index in [1.54, 1.807) is 0 Å². The van der Waals surface area contributed by atoms with Crippen LogP contribution in [0.3, 0.4) is 0 Å². The molecule has 0 bridgehead atoms. The van der Waals surface area contributed by atoms with Gasteiger partial charge in [0.15, 0.2) is 0 Å². The van der Waals surface area contributed by atoms with Crippen molar-refractivity contribution in [2.75, 3.05) is 18.4 Å². The monoisotopic (exact) mass is 260 g/mol. The Hall–Kier alpha value is -1.03. The maximum atomic E-state index is 4.54. The van der Waals surface area contributed by atoms with Crippen molar-refractivity contribution in [2.24, 2.45) is 0 Å². The first-order valence-electron chi connectivity index (χ1n) is 7.93. The number of hydrogen-bond acceptors (Lipinski definition) is 3. The Kier molecular flexibility index (Phi) is 2.98. The molecule has 1 atom stereocenters. The van der Waals surface area contributed by atoms with E-state index in [0.717, 1.165) is 12.0 Å². The van der Waals surface area contributed by atoms with Gasteiger partial charge < -0.3 is 9.88 Å². The van der Waals surface area contributed by atoms with Gasteiger partial charge in [-0.1, -0.05) is 12.8 Å². The van der Waals surface area contributed by atoms with Gasteiger partial charge in [0, 0.05) is 43.6 Å². The minimum atomic E-state index is 0.600. The van der Waals surface area contributed by atoms with Crippen LogP contribution in [0.5, 0.6) is 0 Å². The van der Waals surface area contributed by atoms with Crippen LogP contribution < -0.4 is 5.32 Å². The molecule has 1 saturated heterocycles. The second kappa shape index (κ2) is 4.82. The third-order valence-electron chi connectivity index (χ3n) is 5.00. The van der Waals surface area contributed by atoms with Crippen LogP contribution in [0.1, 0.15) is 51.0 Å². The molecular formula is C15H24N4. The number of imidazole rings is 1. The Morgan fingerprint density at radius 1 is 1.05 bits per heavy atom. The summed E-state index contributed by atoms with van der Waals surface area (Å²) in [5.74, 6) is 1.11. The molecule has 1 N–H and O–H groups in total. The molecule has 3 fully saturated rings. The third kappa shape index (κ3) is 2.38. The zero-order chi connectivity index (χ0) is 12.7. The zero-order valence-electron chi connectivity index (χ0n) is 11.6. The van der Waals surface area contributed by atoms with Gasteiger partial charge in [-0.05, 0) is 32.1 Å². The van der Waals surface area contributed by atoms with Gasteiger partial charge in [0.2, 0.25) is 5.95 Å². The van der Waals surface area contributed by atoms with Crippen LogP contribution in [-0.2, 0) is 0 Å². The molecule has 104 valence electrons. The highest BCUT2D eigenvalue weighted by atomic mass is 15.3. The van der Waals surface area contributed by atoms with Crippen LogP contribution in [0.4, 0.5) is 5.95 Å². The van der Waals surface area contributed by atoms with Gasteiger partial charge >= 0.3 is 0 Å². The average Bonchev–Trinajstić information content (AvgIpc) is 2.89. The molecule has 4 nitrogen and oxygen atoms in total. The van der Waals surface area contributed by atoms with Crippen LogP contribution in [-0.4, -0.2) is 39.6 Å². The largest absolute Gasteiger partial charge is 0.352 e. The molecule has 0 radical (unpaired) electrons.